The molecule has 0 aliphatic carbocycles. The van der Waals surface area contributed by atoms with Crippen LogP contribution < -0.4 is 10.6 Å². The maximum absolute atomic E-state index is 12.2. The van der Waals surface area contributed by atoms with Gasteiger partial charge in [0.15, 0.2) is 0 Å². The molecule has 1 aromatic carbocycles. The summed E-state index contributed by atoms with van der Waals surface area (Å²) in [6.07, 6.45) is 4.23. The molecule has 1 fully saturated rings. The molecule has 1 aromatic heterocycles. The molecule has 0 spiro atoms. The Labute approximate surface area is 151 Å². The van der Waals surface area contributed by atoms with Crippen molar-refractivity contribution >= 4 is 34.9 Å². The van der Waals surface area contributed by atoms with Gasteiger partial charge in [-0.3, -0.25) is 4.79 Å². The van der Waals surface area contributed by atoms with Gasteiger partial charge in [0.25, 0.3) is 0 Å². The zero-order valence-electron chi connectivity index (χ0n) is 13.3. The Hall–Kier alpha value is -1.56. The number of carbonyl (C=O) groups is 1. The van der Waals surface area contributed by atoms with Crippen molar-refractivity contribution in [2.45, 2.75) is 25.8 Å². The first-order chi connectivity index (χ1) is 11.6. The Bertz CT molecular complexity index is 690. The highest BCUT2D eigenvalue weighted by atomic mass is 35.5. The van der Waals surface area contributed by atoms with Crippen molar-refractivity contribution in [3.63, 3.8) is 0 Å². The number of amides is 1. The molecule has 1 amide bonds. The second kappa shape index (κ2) is 8.01. The zero-order chi connectivity index (χ0) is 16.9. The molecule has 128 valence electrons. The predicted molar refractivity (Wildman–Crippen MR) is 96.6 cm³/mol. The van der Waals surface area contributed by atoms with Crippen LogP contribution in [0.4, 0.5) is 5.82 Å². The monoisotopic (exact) mass is 366 g/mol. The quantitative estimate of drug-likeness (QED) is 0.821. The van der Waals surface area contributed by atoms with Gasteiger partial charge < -0.3 is 10.6 Å². The summed E-state index contributed by atoms with van der Waals surface area (Å²) in [6, 6.07) is 7.16. The third-order valence-electron chi connectivity index (χ3n) is 4.30. The summed E-state index contributed by atoms with van der Waals surface area (Å²) < 4.78 is 1.70. The highest BCUT2D eigenvalue weighted by Gasteiger charge is 2.16. The maximum atomic E-state index is 12.2. The van der Waals surface area contributed by atoms with Gasteiger partial charge in [-0.25, -0.2) is 4.68 Å². The number of anilines is 1. The van der Waals surface area contributed by atoms with Crippen LogP contribution in [0.25, 0.3) is 0 Å². The van der Waals surface area contributed by atoms with Crippen LogP contribution in [0, 0.1) is 5.92 Å². The first-order valence-corrected chi connectivity index (χ1v) is 8.84. The first-order valence-electron chi connectivity index (χ1n) is 8.09. The van der Waals surface area contributed by atoms with E-state index in [0.29, 0.717) is 34.7 Å². The van der Waals surface area contributed by atoms with Crippen LogP contribution in [0.5, 0.6) is 0 Å². The number of aromatic nitrogens is 2. The first kappa shape index (κ1) is 17.3. The van der Waals surface area contributed by atoms with E-state index in [2.05, 4.69) is 15.7 Å². The molecule has 2 aromatic rings. The van der Waals surface area contributed by atoms with E-state index < -0.39 is 0 Å². The van der Waals surface area contributed by atoms with Crippen molar-refractivity contribution in [1.82, 2.24) is 15.1 Å². The maximum Gasteiger partial charge on any atom is 0.225 e. The van der Waals surface area contributed by atoms with Gasteiger partial charge in [-0.05, 0) is 44.0 Å². The molecule has 0 saturated carbocycles. The van der Waals surface area contributed by atoms with Crippen LogP contribution in [0.2, 0.25) is 10.0 Å². The van der Waals surface area contributed by atoms with E-state index in [4.69, 9.17) is 23.2 Å². The number of nitrogens with zero attached hydrogens (tertiary/aromatic N) is 2. The van der Waals surface area contributed by atoms with Crippen LogP contribution in [-0.2, 0) is 11.3 Å². The van der Waals surface area contributed by atoms with Gasteiger partial charge in [0.2, 0.25) is 5.91 Å². The largest absolute Gasteiger partial charge is 0.316 e. The van der Waals surface area contributed by atoms with Crippen molar-refractivity contribution in [3.8, 4) is 0 Å². The molecule has 1 aliphatic heterocycles. The second-order valence-electron chi connectivity index (χ2n) is 6.02. The van der Waals surface area contributed by atoms with Crippen LogP contribution in [-0.4, -0.2) is 28.8 Å². The molecular formula is C17H20Cl2N4O. The van der Waals surface area contributed by atoms with Crippen LogP contribution in [0.3, 0.4) is 0 Å². The predicted octanol–water partition coefficient (Wildman–Crippen LogP) is 3.57. The molecule has 7 heteroatoms. The van der Waals surface area contributed by atoms with Crippen molar-refractivity contribution in [2.75, 3.05) is 18.4 Å². The Balaban J connectivity index is 1.61. The normalized spacial score (nSPS) is 17.2. The lowest BCUT2D eigenvalue weighted by Gasteiger charge is -2.12. The van der Waals surface area contributed by atoms with Crippen LogP contribution >= 0.6 is 23.2 Å². The smallest absolute Gasteiger partial charge is 0.225 e. The Morgan fingerprint density at radius 3 is 2.83 bits per heavy atom. The van der Waals surface area contributed by atoms with E-state index in [-0.39, 0.29) is 5.91 Å². The molecule has 1 aliphatic rings. The lowest BCUT2D eigenvalue weighted by molar-refractivity contribution is -0.116. The van der Waals surface area contributed by atoms with Gasteiger partial charge in [0.05, 0.1) is 12.7 Å². The summed E-state index contributed by atoms with van der Waals surface area (Å²) in [7, 11) is 0. The lowest BCUT2D eigenvalue weighted by atomic mass is 10.0. The topological polar surface area (TPSA) is 59.0 Å². The Morgan fingerprint density at radius 1 is 1.33 bits per heavy atom. The molecule has 1 unspecified atom stereocenters. The summed E-state index contributed by atoms with van der Waals surface area (Å²) in [4.78, 5) is 12.2. The Kier molecular flexibility index (Phi) is 5.76. The molecule has 0 bridgehead atoms. The van der Waals surface area contributed by atoms with E-state index in [1.54, 1.807) is 35.1 Å². The highest BCUT2D eigenvalue weighted by Crippen LogP contribution is 2.26. The fourth-order valence-corrected chi connectivity index (χ4v) is 3.42. The molecule has 1 saturated heterocycles. The number of benzene rings is 1. The SMILES string of the molecule is O=C(CCC1CCNC1)Nc1ccnn1Cc1c(Cl)cccc1Cl. The van der Waals surface area contributed by atoms with E-state index in [0.717, 1.165) is 31.5 Å². The van der Waals surface area contributed by atoms with E-state index >= 15 is 0 Å². The van der Waals surface area contributed by atoms with Crippen molar-refractivity contribution in [2.24, 2.45) is 5.92 Å². The molecule has 24 heavy (non-hydrogen) atoms. The number of hydrogen-bond donors (Lipinski definition) is 2. The van der Waals surface area contributed by atoms with Gasteiger partial charge in [0, 0.05) is 28.1 Å². The summed E-state index contributed by atoms with van der Waals surface area (Å²) in [5, 5.41) is 11.7. The van der Waals surface area contributed by atoms with E-state index in [1.807, 2.05) is 0 Å². The third kappa shape index (κ3) is 4.29. The van der Waals surface area contributed by atoms with Gasteiger partial charge >= 0.3 is 0 Å². The van der Waals surface area contributed by atoms with E-state index in [1.165, 1.54) is 0 Å². The minimum absolute atomic E-state index is 0.00825. The number of halogens is 2. The fraction of sp³-hybridized carbons (Fsp3) is 0.412. The Morgan fingerprint density at radius 2 is 2.12 bits per heavy atom. The standard InChI is InChI=1S/C17H20Cl2N4O/c18-14-2-1-3-15(19)13(14)11-23-16(7-9-21-23)22-17(24)5-4-12-6-8-20-10-12/h1-3,7,9,12,20H,4-6,8,10-11H2,(H,22,24). The summed E-state index contributed by atoms with van der Waals surface area (Å²) in [5.41, 5.74) is 0.789. The molecule has 1 atom stereocenters. The average molecular weight is 367 g/mol. The molecule has 2 heterocycles. The molecule has 5 nitrogen and oxygen atoms in total. The van der Waals surface area contributed by atoms with Gasteiger partial charge in [-0.1, -0.05) is 29.3 Å². The average Bonchev–Trinajstić information content (AvgIpc) is 3.21. The van der Waals surface area contributed by atoms with E-state index in [9.17, 15) is 4.79 Å². The minimum Gasteiger partial charge on any atom is -0.316 e. The number of nitrogens with one attached hydrogen (secondary N) is 2. The molecule has 3 rings (SSSR count). The minimum atomic E-state index is 0.00825. The van der Waals surface area contributed by atoms with Crippen LogP contribution in [0.1, 0.15) is 24.8 Å². The highest BCUT2D eigenvalue weighted by molar-refractivity contribution is 6.35. The molecular weight excluding hydrogens is 347 g/mol. The van der Waals surface area contributed by atoms with Gasteiger partial charge in [-0.15, -0.1) is 0 Å². The summed E-state index contributed by atoms with van der Waals surface area (Å²) in [6.45, 7) is 2.47. The third-order valence-corrected chi connectivity index (χ3v) is 5.00. The summed E-state index contributed by atoms with van der Waals surface area (Å²) >= 11 is 12.4. The molecule has 2 N–H and O–H groups in total. The van der Waals surface area contributed by atoms with Crippen molar-refractivity contribution in [1.29, 1.82) is 0 Å². The second-order valence-corrected chi connectivity index (χ2v) is 6.83. The number of rotatable bonds is 6. The lowest BCUT2D eigenvalue weighted by Crippen LogP contribution is -2.17. The molecule has 0 radical (unpaired) electrons. The zero-order valence-corrected chi connectivity index (χ0v) is 14.8. The summed E-state index contributed by atoms with van der Waals surface area (Å²) in [5.74, 6) is 1.26. The number of carbonyl (C=O) groups excluding carboxylic acids is 1. The van der Waals surface area contributed by atoms with Gasteiger partial charge in [0.1, 0.15) is 5.82 Å². The van der Waals surface area contributed by atoms with Gasteiger partial charge in [-0.2, -0.15) is 5.10 Å². The van der Waals surface area contributed by atoms with Crippen LogP contribution in [0.15, 0.2) is 30.5 Å². The fourth-order valence-electron chi connectivity index (χ4n) is 2.90. The van der Waals surface area contributed by atoms with Crippen molar-refractivity contribution in [3.05, 3.63) is 46.1 Å². The van der Waals surface area contributed by atoms with Crippen molar-refractivity contribution < 1.29 is 4.79 Å². The number of hydrogen-bond acceptors (Lipinski definition) is 3.